The molecule has 3 rings (SSSR count). The monoisotopic (exact) mass is 358 g/mol. The summed E-state index contributed by atoms with van der Waals surface area (Å²) < 4.78 is 0. The molecule has 1 saturated carbocycles. The predicted molar refractivity (Wildman–Crippen MR) is 107 cm³/mol. The first-order valence-corrected chi connectivity index (χ1v) is 10.4. The van der Waals surface area contributed by atoms with Gasteiger partial charge < -0.3 is 15.1 Å². The van der Waals surface area contributed by atoms with Crippen LogP contribution < -0.4 is 10.2 Å². The highest BCUT2D eigenvalue weighted by atomic mass is 16.1. The normalized spacial score (nSPS) is 18.5. The van der Waals surface area contributed by atoms with Crippen molar-refractivity contribution in [3.8, 4) is 0 Å². The molecule has 1 aromatic heterocycles. The van der Waals surface area contributed by atoms with Crippen LogP contribution in [0.2, 0.25) is 0 Å². The lowest BCUT2D eigenvalue weighted by atomic mass is 9.94. The van der Waals surface area contributed by atoms with Crippen molar-refractivity contribution >= 4 is 11.7 Å². The van der Waals surface area contributed by atoms with Gasteiger partial charge in [-0.25, -0.2) is 4.98 Å². The first-order valence-electron chi connectivity index (χ1n) is 10.4. The minimum Gasteiger partial charge on any atom is -0.357 e. The van der Waals surface area contributed by atoms with Crippen LogP contribution in [0.3, 0.4) is 0 Å². The standard InChI is InChI=1S/C21H34N4O/c1-24(19-7-3-2-4-8-19)16-13-23-21(26)10-9-18-11-12-22-20(17-18)25-14-5-6-15-25/h11-12,17,19H,2-10,13-16H2,1H3,(H,23,26). The van der Waals surface area contributed by atoms with Crippen molar-refractivity contribution in [3.05, 3.63) is 23.9 Å². The molecule has 144 valence electrons. The Kier molecular flexibility index (Phi) is 7.30. The summed E-state index contributed by atoms with van der Waals surface area (Å²) in [6, 6.07) is 4.89. The van der Waals surface area contributed by atoms with E-state index in [1.54, 1.807) is 0 Å². The van der Waals surface area contributed by atoms with Crippen molar-refractivity contribution in [3.63, 3.8) is 0 Å². The molecule has 5 nitrogen and oxygen atoms in total. The van der Waals surface area contributed by atoms with Crippen LogP contribution in [0, 0.1) is 0 Å². The minimum absolute atomic E-state index is 0.154. The lowest BCUT2D eigenvalue weighted by Crippen LogP contribution is -2.39. The number of hydrogen-bond acceptors (Lipinski definition) is 4. The summed E-state index contributed by atoms with van der Waals surface area (Å²) >= 11 is 0. The molecule has 1 amide bonds. The fraction of sp³-hybridized carbons (Fsp3) is 0.714. The maximum atomic E-state index is 12.2. The molecule has 2 fully saturated rings. The average Bonchev–Trinajstić information content (AvgIpc) is 3.22. The number of aromatic nitrogens is 1. The molecule has 2 aliphatic rings. The number of carbonyl (C=O) groups excluding carboxylic acids is 1. The largest absolute Gasteiger partial charge is 0.357 e. The number of likely N-dealkylation sites (N-methyl/N-ethyl adjacent to an activating group) is 1. The van der Waals surface area contributed by atoms with Crippen LogP contribution in [0.5, 0.6) is 0 Å². The van der Waals surface area contributed by atoms with Gasteiger partial charge in [-0.1, -0.05) is 19.3 Å². The lowest BCUT2D eigenvalue weighted by molar-refractivity contribution is -0.121. The van der Waals surface area contributed by atoms with Gasteiger partial charge in [0.25, 0.3) is 0 Å². The van der Waals surface area contributed by atoms with E-state index in [4.69, 9.17) is 0 Å². The fourth-order valence-electron chi connectivity index (χ4n) is 4.16. The van der Waals surface area contributed by atoms with E-state index in [1.165, 1.54) is 50.5 Å². The van der Waals surface area contributed by atoms with E-state index < -0.39 is 0 Å². The Balaban J connectivity index is 1.35. The number of rotatable bonds is 8. The van der Waals surface area contributed by atoms with Crippen molar-refractivity contribution in [1.82, 2.24) is 15.2 Å². The van der Waals surface area contributed by atoms with E-state index in [9.17, 15) is 4.79 Å². The molecule has 1 N–H and O–H groups in total. The van der Waals surface area contributed by atoms with E-state index in [0.29, 0.717) is 12.5 Å². The molecule has 1 aliphatic carbocycles. The molecular weight excluding hydrogens is 324 g/mol. The third-order valence-corrected chi connectivity index (χ3v) is 5.87. The molecule has 1 aromatic rings. The fourth-order valence-corrected chi connectivity index (χ4v) is 4.16. The second-order valence-corrected chi connectivity index (χ2v) is 7.84. The molecule has 1 saturated heterocycles. The summed E-state index contributed by atoms with van der Waals surface area (Å²) in [4.78, 5) is 21.4. The van der Waals surface area contributed by atoms with Gasteiger partial charge in [0, 0.05) is 44.8 Å². The number of aryl methyl sites for hydroxylation is 1. The predicted octanol–water partition coefficient (Wildman–Crippen LogP) is 3.00. The van der Waals surface area contributed by atoms with Gasteiger partial charge in [0.1, 0.15) is 5.82 Å². The third-order valence-electron chi connectivity index (χ3n) is 5.87. The Bertz CT molecular complexity index is 565. The highest BCUT2D eigenvalue weighted by Crippen LogP contribution is 2.21. The molecule has 0 bridgehead atoms. The van der Waals surface area contributed by atoms with Gasteiger partial charge in [0.15, 0.2) is 0 Å². The van der Waals surface area contributed by atoms with Crippen molar-refractivity contribution in [1.29, 1.82) is 0 Å². The Hall–Kier alpha value is -1.62. The van der Waals surface area contributed by atoms with Crippen molar-refractivity contribution in [2.45, 2.75) is 63.8 Å². The molecule has 0 aromatic carbocycles. The van der Waals surface area contributed by atoms with Gasteiger partial charge in [0.2, 0.25) is 5.91 Å². The number of carbonyl (C=O) groups is 1. The van der Waals surface area contributed by atoms with Gasteiger partial charge >= 0.3 is 0 Å². The molecule has 0 radical (unpaired) electrons. The molecule has 0 unspecified atom stereocenters. The number of pyridine rings is 1. The molecule has 2 heterocycles. The Morgan fingerprint density at radius 2 is 2.00 bits per heavy atom. The van der Waals surface area contributed by atoms with Crippen LogP contribution in [-0.4, -0.2) is 55.1 Å². The molecule has 0 atom stereocenters. The van der Waals surface area contributed by atoms with E-state index in [1.807, 2.05) is 12.3 Å². The van der Waals surface area contributed by atoms with E-state index in [-0.39, 0.29) is 5.91 Å². The minimum atomic E-state index is 0.154. The third kappa shape index (κ3) is 5.70. The van der Waals surface area contributed by atoms with Crippen LogP contribution in [0.25, 0.3) is 0 Å². The quantitative estimate of drug-likeness (QED) is 0.776. The van der Waals surface area contributed by atoms with E-state index in [0.717, 1.165) is 38.4 Å². The average molecular weight is 359 g/mol. The van der Waals surface area contributed by atoms with Crippen LogP contribution in [0.15, 0.2) is 18.3 Å². The molecule has 5 heteroatoms. The van der Waals surface area contributed by atoms with Crippen LogP contribution in [0.1, 0.15) is 56.9 Å². The number of amides is 1. The molecular formula is C21H34N4O. The lowest BCUT2D eigenvalue weighted by Gasteiger charge is -2.31. The summed E-state index contributed by atoms with van der Waals surface area (Å²) in [5.41, 5.74) is 1.20. The zero-order valence-electron chi connectivity index (χ0n) is 16.3. The van der Waals surface area contributed by atoms with Gasteiger partial charge in [-0.05, 0) is 56.8 Å². The van der Waals surface area contributed by atoms with Crippen molar-refractivity contribution in [2.75, 3.05) is 38.1 Å². The van der Waals surface area contributed by atoms with Gasteiger partial charge in [-0.15, -0.1) is 0 Å². The highest BCUT2D eigenvalue weighted by molar-refractivity contribution is 5.76. The van der Waals surface area contributed by atoms with Crippen LogP contribution in [-0.2, 0) is 11.2 Å². The molecule has 1 aliphatic heterocycles. The summed E-state index contributed by atoms with van der Waals surface area (Å²) in [5, 5.41) is 3.09. The maximum absolute atomic E-state index is 12.2. The zero-order chi connectivity index (χ0) is 18.2. The second kappa shape index (κ2) is 9.91. The van der Waals surface area contributed by atoms with Gasteiger partial charge in [-0.3, -0.25) is 4.79 Å². The topological polar surface area (TPSA) is 48.5 Å². The number of nitrogens with zero attached hydrogens (tertiary/aromatic N) is 3. The maximum Gasteiger partial charge on any atom is 0.220 e. The first kappa shape index (κ1) is 19.2. The summed E-state index contributed by atoms with van der Waals surface area (Å²) in [6.07, 6.45) is 12.4. The van der Waals surface area contributed by atoms with Gasteiger partial charge in [-0.2, -0.15) is 0 Å². The number of anilines is 1. The summed E-state index contributed by atoms with van der Waals surface area (Å²) in [7, 11) is 2.19. The number of nitrogens with one attached hydrogen (secondary N) is 1. The zero-order valence-corrected chi connectivity index (χ0v) is 16.3. The van der Waals surface area contributed by atoms with Crippen LogP contribution in [0.4, 0.5) is 5.82 Å². The van der Waals surface area contributed by atoms with Crippen molar-refractivity contribution in [2.24, 2.45) is 0 Å². The summed E-state index contributed by atoms with van der Waals surface area (Å²) in [5.74, 6) is 1.22. The Morgan fingerprint density at radius 3 is 2.77 bits per heavy atom. The van der Waals surface area contributed by atoms with E-state index in [2.05, 4.69) is 33.2 Å². The SMILES string of the molecule is CN(CCNC(=O)CCc1ccnc(N2CCCC2)c1)C1CCCCC1. The highest BCUT2D eigenvalue weighted by Gasteiger charge is 2.17. The smallest absolute Gasteiger partial charge is 0.220 e. The van der Waals surface area contributed by atoms with Gasteiger partial charge in [0.05, 0.1) is 0 Å². The molecule has 26 heavy (non-hydrogen) atoms. The Morgan fingerprint density at radius 1 is 1.23 bits per heavy atom. The van der Waals surface area contributed by atoms with Crippen LogP contribution >= 0.6 is 0 Å². The van der Waals surface area contributed by atoms with Crippen molar-refractivity contribution < 1.29 is 4.79 Å². The molecule has 0 spiro atoms. The van der Waals surface area contributed by atoms with E-state index >= 15 is 0 Å². The first-order chi connectivity index (χ1) is 12.7. The summed E-state index contributed by atoms with van der Waals surface area (Å²) in [6.45, 7) is 3.91. The number of hydrogen-bond donors (Lipinski definition) is 1. The second-order valence-electron chi connectivity index (χ2n) is 7.84. The Labute approximate surface area is 158 Å².